The number of nitrogens with zero attached hydrogens (tertiary/aromatic N) is 3. The molecular formula is C23H19Cl2N5O3S. The summed E-state index contributed by atoms with van der Waals surface area (Å²) in [6.45, 7) is 1.90. The Morgan fingerprint density at radius 1 is 0.971 bits per heavy atom. The van der Waals surface area contributed by atoms with Gasteiger partial charge in [-0.3, -0.25) is 10.1 Å². The largest absolute Gasteiger partial charge is 0.496 e. The highest BCUT2D eigenvalue weighted by atomic mass is 35.5. The Morgan fingerprint density at radius 2 is 1.65 bits per heavy atom. The van der Waals surface area contributed by atoms with Gasteiger partial charge in [-0.05, 0) is 73.2 Å². The maximum atomic E-state index is 12.7. The first kappa shape index (κ1) is 23.7. The molecule has 0 aliphatic rings. The van der Waals surface area contributed by atoms with Crippen molar-refractivity contribution in [3.63, 3.8) is 0 Å². The van der Waals surface area contributed by atoms with Crippen LogP contribution in [0.15, 0.2) is 48.5 Å². The van der Waals surface area contributed by atoms with Crippen LogP contribution in [-0.4, -0.2) is 40.2 Å². The third kappa shape index (κ3) is 4.91. The maximum absolute atomic E-state index is 12.7. The van der Waals surface area contributed by atoms with Gasteiger partial charge < -0.3 is 14.8 Å². The number of carbonyl (C=O) groups excluding carboxylic acids is 1. The highest BCUT2D eigenvalue weighted by molar-refractivity contribution is 7.80. The molecule has 0 saturated heterocycles. The fraction of sp³-hybridized carbons (Fsp3) is 0.130. The Bertz CT molecular complexity index is 1420. The molecule has 0 unspecified atom stereocenters. The zero-order valence-corrected chi connectivity index (χ0v) is 20.7. The van der Waals surface area contributed by atoms with E-state index in [4.69, 9.17) is 44.9 Å². The van der Waals surface area contributed by atoms with Gasteiger partial charge >= 0.3 is 0 Å². The summed E-state index contributed by atoms with van der Waals surface area (Å²) in [5.74, 6) is 0.505. The first-order valence-corrected chi connectivity index (χ1v) is 11.1. The van der Waals surface area contributed by atoms with Crippen molar-refractivity contribution < 1.29 is 14.3 Å². The van der Waals surface area contributed by atoms with Crippen molar-refractivity contribution in [3.05, 3.63) is 69.7 Å². The van der Waals surface area contributed by atoms with E-state index in [2.05, 4.69) is 20.8 Å². The van der Waals surface area contributed by atoms with Crippen LogP contribution in [0.4, 0.5) is 5.69 Å². The minimum absolute atomic E-state index is 0.115. The molecule has 1 amide bonds. The van der Waals surface area contributed by atoms with Crippen LogP contribution < -0.4 is 20.1 Å². The number of fused-ring (bicyclic) bond motifs is 1. The van der Waals surface area contributed by atoms with E-state index in [9.17, 15) is 4.79 Å². The van der Waals surface area contributed by atoms with Crippen LogP contribution in [0.5, 0.6) is 11.5 Å². The third-order valence-electron chi connectivity index (χ3n) is 4.97. The van der Waals surface area contributed by atoms with Crippen LogP contribution in [0.2, 0.25) is 10.0 Å². The van der Waals surface area contributed by atoms with Gasteiger partial charge in [0.05, 0.1) is 30.5 Å². The average Bonchev–Trinajstić information content (AvgIpc) is 3.21. The molecule has 2 N–H and O–H groups in total. The van der Waals surface area contributed by atoms with Crippen molar-refractivity contribution in [2.75, 3.05) is 19.5 Å². The van der Waals surface area contributed by atoms with Crippen molar-refractivity contribution in [1.82, 2.24) is 20.3 Å². The first-order valence-electron chi connectivity index (χ1n) is 9.96. The minimum Gasteiger partial charge on any atom is -0.496 e. The SMILES string of the molecule is COc1ccc(-n2nc3cc(C)c(NC(=S)NC(=O)c4cc(Cl)ccc4OC)cc3n2)cc1Cl. The van der Waals surface area contributed by atoms with E-state index in [0.717, 1.165) is 5.56 Å². The molecule has 174 valence electrons. The van der Waals surface area contributed by atoms with Gasteiger partial charge in [0.2, 0.25) is 0 Å². The lowest BCUT2D eigenvalue weighted by atomic mass is 10.1. The van der Waals surface area contributed by atoms with Crippen molar-refractivity contribution in [1.29, 1.82) is 0 Å². The summed E-state index contributed by atoms with van der Waals surface area (Å²) < 4.78 is 10.4. The molecule has 1 heterocycles. The molecule has 0 bridgehead atoms. The van der Waals surface area contributed by atoms with Gasteiger partial charge in [-0.15, -0.1) is 10.2 Å². The molecule has 34 heavy (non-hydrogen) atoms. The number of aromatic nitrogens is 3. The van der Waals surface area contributed by atoms with Crippen LogP contribution in [0.25, 0.3) is 16.7 Å². The quantitative estimate of drug-likeness (QED) is 0.354. The molecule has 0 radical (unpaired) electrons. The predicted octanol–water partition coefficient (Wildman–Crippen LogP) is 5.18. The number of rotatable bonds is 5. The lowest BCUT2D eigenvalue weighted by Crippen LogP contribution is -2.34. The molecule has 0 saturated carbocycles. The number of benzene rings is 3. The normalized spacial score (nSPS) is 10.7. The number of amides is 1. The highest BCUT2D eigenvalue weighted by Gasteiger charge is 2.16. The minimum atomic E-state index is -0.446. The molecule has 11 heteroatoms. The average molecular weight is 516 g/mol. The Balaban J connectivity index is 1.55. The Hall–Kier alpha value is -3.40. The molecule has 0 fully saturated rings. The number of hydrogen-bond acceptors (Lipinski definition) is 6. The van der Waals surface area contributed by atoms with Gasteiger partial charge in [-0.1, -0.05) is 23.2 Å². The molecule has 0 atom stereocenters. The molecular weight excluding hydrogens is 497 g/mol. The standard InChI is InChI=1S/C23H19Cl2N5O3S/c1-12-8-18-19(29-30(28-18)14-5-7-21(33-3)16(25)10-14)11-17(12)26-23(34)27-22(31)15-9-13(24)4-6-20(15)32-2/h4-11H,1-3H3,(H2,26,27,31,34). The van der Waals surface area contributed by atoms with Crippen LogP contribution in [-0.2, 0) is 0 Å². The van der Waals surface area contributed by atoms with E-state index in [-0.39, 0.29) is 10.7 Å². The Morgan fingerprint density at radius 3 is 2.32 bits per heavy atom. The van der Waals surface area contributed by atoms with E-state index < -0.39 is 5.91 Å². The van der Waals surface area contributed by atoms with Crippen LogP contribution in [0.1, 0.15) is 15.9 Å². The molecule has 0 spiro atoms. The zero-order valence-electron chi connectivity index (χ0n) is 18.3. The van der Waals surface area contributed by atoms with Crippen molar-refractivity contribution in [2.24, 2.45) is 0 Å². The molecule has 4 aromatic rings. The van der Waals surface area contributed by atoms with E-state index in [1.165, 1.54) is 18.0 Å². The number of aryl methyl sites for hydroxylation is 1. The van der Waals surface area contributed by atoms with Crippen molar-refractivity contribution in [3.8, 4) is 17.2 Å². The summed E-state index contributed by atoms with van der Waals surface area (Å²) in [6.07, 6.45) is 0. The van der Waals surface area contributed by atoms with E-state index >= 15 is 0 Å². The number of halogens is 2. The molecule has 1 aromatic heterocycles. The van der Waals surface area contributed by atoms with Crippen LogP contribution >= 0.6 is 35.4 Å². The topological polar surface area (TPSA) is 90.3 Å². The summed E-state index contributed by atoms with van der Waals surface area (Å²) in [7, 11) is 3.03. The van der Waals surface area contributed by atoms with Gasteiger partial charge in [0.15, 0.2) is 5.11 Å². The van der Waals surface area contributed by atoms with Gasteiger partial charge in [0.25, 0.3) is 5.91 Å². The smallest absolute Gasteiger partial charge is 0.261 e. The highest BCUT2D eigenvalue weighted by Crippen LogP contribution is 2.28. The number of nitrogens with one attached hydrogen (secondary N) is 2. The monoisotopic (exact) mass is 515 g/mol. The Kier molecular flexibility index (Phi) is 6.87. The zero-order chi connectivity index (χ0) is 24.4. The molecule has 8 nitrogen and oxygen atoms in total. The number of carbonyl (C=O) groups is 1. The van der Waals surface area contributed by atoms with Gasteiger partial charge in [0.1, 0.15) is 22.5 Å². The summed E-state index contributed by atoms with van der Waals surface area (Å²) in [6, 6.07) is 13.7. The second kappa shape index (κ2) is 9.84. The van der Waals surface area contributed by atoms with Crippen LogP contribution in [0, 0.1) is 6.92 Å². The number of anilines is 1. The number of ether oxygens (including phenoxy) is 2. The summed E-state index contributed by atoms with van der Waals surface area (Å²) in [5.41, 5.74) is 3.82. The van der Waals surface area contributed by atoms with Gasteiger partial charge in [-0.2, -0.15) is 4.80 Å². The first-order chi connectivity index (χ1) is 16.3. The summed E-state index contributed by atoms with van der Waals surface area (Å²) >= 11 is 17.6. The van der Waals surface area contributed by atoms with Crippen molar-refractivity contribution >= 4 is 63.2 Å². The lowest BCUT2D eigenvalue weighted by Gasteiger charge is -2.13. The predicted molar refractivity (Wildman–Crippen MR) is 137 cm³/mol. The van der Waals surface area contributed by atoms with Crippen LogP contribution in [0.3, 0.4) is 0 Å². The van der Waals surface area contributed by atoms with Gasteiger partial charge in [0, 0.05) is 10.7 Å². The third-order valence-corrected chi connectivity index (χ3v) is 5.71. The van der Waals surface area contributed by atoms with E-state index in [1.54, 1.807) is 37.4 Å². The molecule has 4 rings (SSSR count). The lowest BCUT2D eigenvalue weighted by molar-refractivity contribution is 0.0974. The molecule has 0 aliphatic carbocycles. The summed E-state index contributed by atoms with van der Waals surface area (Å²) in [5, 5.41) is 15.7. The second-order valence-electron chi connectivity index (χ2n) is 7.22. The Labute approximate surface area is 210 Å². The van der Waals surface area contributed by atoms with Gasteiger partial charge in [-0.25, -0.2) is 0 Å². The number of thiocarbonyl (C=S) groups is 1. The summed E-state index contributed by atoms with van der Waals surface area (Å²) in [4.78, 5) is 14.2. The van der Waals surface area contributed by atoms with Crippen molar-refractivity contribution in [2.45, 2.75) is 6.92 Å². The van der Waals surface area contributed by atoms with E-state index in [0.29, 0.717) is 44.0 Å². The number of hydrogen-bond donors (Lipinski definition) is 2. The number of methoxy groups -OCH3 is 2. The van der Waals surface area contributed by atoms with E-state index in [1.807, 2.05) is 19.1 Å². The molecule has 3 aromatic carbocycles. The molecule has 0 aliphatic heterocycles. The fourth-order valence-corrected chi connectivity index (χ4v) is 3.91. The maximum Gasteiger partial charge on any atom is 0.261 e. The second-order valence-corrected chi connectivity index (χ2v) is 8.47. The fourth-order valence-electron chi connectivity index (χ4n) is 3.28.